The number of nitrogens with zero attached hydrogens (tertiary/aromatic N) is 2. The SMILES string of the molecule is O=C(N1CCOC2(CCCC2)C1)N1OC1c1ccccc1. The van der Waals surface area contributed by atoms with Gasteiger partial charge in [-0.05, 0) is 12.8 Å². The van der Waals surface area contributed by atoms with E-state index in [-0.39, 0.29) is 17.9 Å². The maximum Gasteiger partial charge on any atom is 0.347 e. The Balaban J connectivity index is 1.42. The molecule has 1 saturated carbocycles. The van der Waals surface area contributed by atoms with Crippen molar-refractivity contribution >= 4 is 6.03 Å². The van der Waals surface area contributed by atoms with Gasteiger partial charge < -0.3 is 9.64 Å². The molecule has 0 radical (unpaired) electrons. The van der Waals surface area contributed by atoms with Crippen molar-refractivity contribution in [3.63, 3.8) is 0 Å². The Morgan fingerprint density at radius 2 is 1.95 bits per heavy atom. The van der Waals surface area contributed by atoms with Crippen molar-refractivity contribution in [2.75, 3.05) is 19.7 Å². The van der Waals surface area contributed by atoms with Gasteiger partial charge in [-0.25, -0.2) is 9.63 Å². The van der Waals surface area contributed by atoms with Gasteiger partial charge in [0.2, 0.25) is 6.23 Å². The summed E-state index contributed by atoms with van der Waals surface area (Å²) in [5.41, 5.74) is 0.932. The molecule has 1 atom stereocenters. The van der Waals surface area contributed by atoms with Crippen LogP contribution in [0.2, 0.25) is 0 Å². The minimum absolute atomic E-state index is 0.0292. The summed E-state index contributed by atoms with van der Waals surface area (Å²) in [5, 5.41) is 1.48. The van der Waals surface area contributed by atoms with E-state index < -0.39 is 0 Å². The van der Waals surface area contributed by atoms with Crippen LogP contribution in [0.25, 0.3) is 0 Å². The van der Waals surface area contributed by atoms with E-state index in [0.717, 1.165) is 18.4 Å². The Hall–Kier alpha value is -1.59. The molecule has 3 fully saturated rings. The summed E-state index contributed by atoms with van der Waals surface area (Å²) in [6, 6.07) is 9.82. The van der Waals surface area contributed by atoms with Gasteiger partial charge in [0.05, 0.1) is 18.8 Å². The highest BCUT2D eigenvalue weighted by atomic mass is 16.8. The predicted molar refractivity (Wildman–Crippen MR) is 76.2 cm³/mol. The number of carbonyl (C=O) groups is 1. The average molecular weight is 288 g/mol. The molecular formula is C16H20N2O3. The number of hydroxylamine groups is 2. The largest absolute Gasteiger partial charge is 0.371 e. The first-order valence-corrected chi connectivity index (χ1v) is 7.71. The second-order valence-electron chi connectivity index (χ2n) is 6.14. The van der Waals surface area contributed by atoms with Crippen LogP contribution in [-0.2, 0) is 9.57 Å². The second kappa shape index (κ2) is 5.00. The molecule has 3 aliphatic rings. The van der Waals surface area contributed by atoms with E-state index >= 15 is 0 Å². The van der Waals surface area contributed by atoms with Crippen LogP contribution in [0.5, 0.6) is 0 Å². The maximum absolute atomic E-state index is 12.6. The monoisotopic (exact) mass is 288 g/mol. The molecule has 2 aliphatic heterocycles. The molecule has 2 heterocycles. The molecule has 1 aromatic carbocycles. The molecule has 0 bridgehead atoms. The van der Waals surface area contributed by atoms with E-state index in [1.54, 1.807) is 0 Å². The number of morpholine rings is 1. The Morgan fingerprint density at radius 1 is 1.19 bits per heavy atom. The van der Waals surface area contributed by atoms with Gasteiger partial charge in [0, 0.05) is 12.1 Å². The zero-order chi connectivity index (χ0) is 14.3. The molecule has 1 aromatic rings. The lowest BCUT2D eigenvalue weighted by Crippen LogP contribution is -2.53. The predicted octanol–water partition coefficient (Wildman–Crippen LogP) is 2.70. The number of hydrogen-bond acceptors (Lipinski definition) is 3. The van der Waals surface area contributed by atoms with Gasteiger partial charge in [-0.3, -0.25) is 0 Å². The fourth-order valence-electron chi connectivity index (χ4n) is 3.51. The van der Waals surface area contributed by atoms with Crippen molar-refractivity contribution in [1.29, 1.82) is 0 Å². The minimum Gasteiger partial charge on any atom is -0.371 e. The molecule has 112 valence electrons. The van der Waals surface area contributed by atoms with Gasteiger partial charge in [0.15, 0.2) is 0 Å². The highest BCUT2D eigenvalue weighted by Crippen LogP contribution is 2.40. The summed E-state index contributed by atoms with van der Waals surface area (Å²) < 4.78 is 5.97. The molecule has 1 unspecified atom stereocenters. The molecule has 21 heavy (non-hydrogen) atoms. The molecule has 2 saturated heterocycles. The molecule has 4 rings (SSSR count). The van der Waals surface area contributed by atoms with Crippen molar-refractivity contribution in [2.45, 2.75) is 37.5 Å². The number of ether oxygens (including phenoxy) is 1. The van der Waals surface area contributed by atoms with Crippen molar-refractivity contribution < 1.29 is 14.4 Å². The van der Waals surface area contributed by atoms with Crippen molar-refractivity contribution in [1.82, 2.24) is 9.96 Å². The third-order valence-corrected chi connectivity index (χ3v) is 4.69. The van der Waals surface area contributed by atoms with Crippen molar-refractivity contribution in [3.8, 4) is 0 Å². The first-order valence-electron chi connectivity index (χ1n) is 7.71. The summed E-state index contributed by atoms with van der Waals surface area (Å²) >= 11 is 0. The standard InChI is InChI=1S/C16H20N2O3/c19-15(18-14(21-18)13-6-2-1-3-7-13)17-10-11-20-16(12-17)8-4-5-9-16/h1-3,6-7,14H,4-5,8-12H2. The topological polar surface area (TPSA) is 45.1 Å². The van der Waals surface area contributed by atoms with Gasteiger partial charge >= 0.3 is 6.03 Å². The first kappa shape index (κ1) is 13.1. The fraction of sp³-hybridized carbons (Fsp3) is 0.562. The van der Waals surface area contributed by atoms with Crippen molar-refractivity contribution in [3.05, 3.63) is 35.9 Å². The Morgan fingerprint density at radius 3 is 2.71 bits per heavy atom. The van der Waals surface area contributed by atoms with Crippen LogP contribution in [0.1, 0.15) is 37.5 Å². The quantitative estimate of drug-likeness (QED) is 0.746. The Labute approximate surface area is 124 Å². The summed E-state index contributed by atoms with van der Waals surface area (Å²) in [7, 11) is 0. The van der Waals surface area contributed by atoms with Crippen LogP contribution in [0.3, 0.4) is 0 Å². The van der Waals surface area contributed by atoms with E-state index in [9.17, 15) is 4.79 Å². The third kappa shape index (κ3) is 2.40. The number of benzene rings is 1. The summed E-state index contributed by atoms with van der Waals surface area (Å²) in [4.78, 5) is 19.9. The normalized spacial score (nSPS) is 27.1. The van der Waals surface area contributed by atoms with Gasteiger partial charge in [-0.15, -0.1) is 0 Å². The third-order valence-electron chi connectivity index (χ3n) is 4.69. The molecule has 5 nitrogen and oxygen atoms in total. The Bertz CT molecular complexity index is 528. The fourth-order valence-corrected chi connectivity index (χ4v) is 3.51. The summed E-state index contributed by atoms with van der Waals surface area (Å²) in [6.45, 7) is 1.99. The van der Waals surface area contributed by atoms with Crippen LogP contribution >= 0.6 is 0 Å². The lowest BCUT2D eigenvalue weighted by atomic mass is 10.00. The Kier molecular flexibility index (Phi) is 3.12. The van der Waals surface area contributed by atoms with Gasteiger partial charge in [0.25, 0.3) is 0 Å². The number of carbonyl (C=O) groups excluding carboxylic acids is 1. The lowest BCUT2D eigenvalue weighted by Gasteiger charge is -2.40. The van der Waals surface area contributed by atoms with Crippen LogP contribution in [0.15, 0.2) is 30.3 Å². The molecule has 0 aromatic heterocycles. The zero-order valence-electron chi connectivity index (χ0n) is 12.0. The van der Waals surface area contributed by atoms with E-state index in [2.05, 4.69) is 0 Å². The van der Waals surface area contributed by atoms with Gasteiger partial charge in [0.1, 0.15) is 0 Å². The van der Waals surface area contributed by atoms with E-state index in [1.807, 2.05) is 35.2 Å². The smallest absolute Gasteiger partial charge is 0.347 e. The van der Waals surface area contributed by atoms with E-state index in [1.165, 1.54) is 17.9 Å². The number of amides is 2. The summed E-state index contributed by atoms with van der Waals surface area (Å²) in [5.74, 6) is 0. The van der Waals surface area contributed by atoms with Gasteiger partial charge in [-0.1, -0.05) is 43.2 Å². The van der Waals surface area contributed by atoms with Crippen molar-refractivity contribution in [2.24, 2.45) is 0 Å². The van der Waals surface area contributed by atoms with Crippen LogP contribution in [0, 0.1) is 0 Å². The average Bonchev–Trinajstić information content (AvgIpc) is 3.22. The molecule has 5 heteroatoms. The van der Waals surface area contributed by atoms with Crippen LogP contribution in [-0.4, -0.2) is 41.3 Å². The molecule has 1 spiro atoms. The first-order chi connectivity index (χ1) is 10.3. The van der Waals surface area contributed by atoms with Crippen LogP contribution in [0.4, 0.5) is 4.79 Å². The van der Waals surface area contributed by atoms with E-state index in [0.29, 0.717) is 19.7 Å². The second-order valence-corrected chi connectivity index (χ2v) is 6.14. The molecule has 0 N–H and O–H groups in total. The molecule has 2 amide bonds. The maximum atomic E-state index is 12.6. The zero-order valence-corrected chi connectivity index (χ0v) is 12.0. The van der Waals surface area contributed by atoms with Gasteiger partial charge in [-0.2, -0.15) is 5.06 Å². The number of urea groups is 1. The lowest BCUT2D eigenvalue weighted by molar-refractivity contribution is -0.0953. The number of hydrogen-bond donors (Lipinski definition) is 0. The highest BCUT2D eigenvalue weighted by Gasteiger charge is 2.48. The number of rotatable bonds is 1. The van der Waals surface area contributed by atoms with E-state index in [4.69, 9.17) is 9.57 Å². The molecular weight excluding hydrogens is 268 g/mol. The van der Waals surface area contributed by atoms with Crippen LogP contribution < -0.4 is 0 Å². The minimum atomic E-state index is -0.221. The summed E-state index contributed by atoms with van der Waals surface area (Å²) in [6.07, 6.45) is 4.32. The molecule has 1 aliphatic carbocycles. The highest BCUT2D eigenvalue weighted by molar-refractivity contribution is 5.75.